The molecule has 0 N–H and O–H groups in total. The van der Waals surface area contributed by atoms with Crippen molar-refractivity contribution in [1.29, 1.82) is 0 Å². The summed E-state index contributed by atoms with van der Waals surface area (Å²) in [4.78, 5) is 20.8. The van der Waals surface area contributed by atoms with E-state index in [2.05, 4.69) is 22.5 Å². The number of rotatable bonds is 2. The van der Waals surface area contributed by atoms with Crippen LogP contribution < -0.4 is 0 Å². The zero-order valence-corrected chi connectivity index (χ0v) is 14.9. The molecule has 1 aromatic carbocycles. The second-order valence-electron chi connectivity index (χ2n) is 5.84. The maximum absolute atomic E-state index is 12.8. The number of carbonyl (C=O) groups is 1. The number of aromatic nitrogens is 1. The van der Waals surface area contributed by atoms with Gasteiger partial charge in [-0.05, 0) is 30.0 Å². The summed E-state index contributed by atoms with van der Waals surface area (Å²) >= 11 is 3.77. The average Bonchev–Trinajstić information content (AvgIpc) is 3.05. The van der Waals surface area contributed by atoms with E-state index in [1.807, 2.05) is 64.4 Å². The summed E-state index contributed by atoms with van der Waals surface area (Å²) in [5, 5.41) is 3.70. The van der Waals surface area contributed by atoms with Gasteiger partial charge in [0.15, 0.2) is 0 Å². The van der Waals surface area contributed by atoms with Gasteiger partial charge >= 0.3 is 0 Å². The lowest BCUT2D eigenvalue weighted by Gasteiger charge is -2.20. The van der Waals surface area contributed by atoms with Crippen LogP contribution in [-0.4, -0.2) is 34.6 Å². The molecule has 1 saturated heterocycles. The number of nitrogens with zero attached hydrogens (tertiary/aromatic N) is 2. The molecule has 122 valence electrons. The minimum absolute atomic E-state index is 0.0492. The number of hydrogen-bond acceptors (Lipinski definition) is 4. The van der Waals surface area contributed by atoms with Crippen LogP contribution in [0.5, 0.6) is 0 Å². The van der Waals surface area contributed by atoms with Gasteiger partial charge in [0, 0.05) is 34.4 Å². The number of pyridine rings is 1. The van der Waals surface area contributed by atoms with Gasteiger partial charge in [0.2, 0.25) is 0 Å². The van der Waals surface area contributed by atoms with Crippen molar-refractivity contribution in [2.75, 3.05) is 18.8 Å². The van der Waals surface area contributed by atoms with Gasteiger partial charge in [-0.15, -0.1) is 11.3 Å². The molecular weight excluding hydrogens is 336 g/mol. The minimum atomic E-state index is 0.0492. The van der Waals surface area contributed by atoms with Crippen LogP contribution in [0.15, 0.2) is 53.9 Å². The van der Waals surface area contributed by atoms with Crippen LogP contribution in [0.25, 0.3) is 10.9 Å². The number of fused-ring (bicyclic) bond motifs is 1. The fraction of sp³-hybridized carbons (Fsp3) is 0.263. The predicted molar refractivity (Wildman–Crippen MR) is 102 cm³/mol. The Balaban J connectivity index is 1.51. The Morgan fingerprint density at radius 3 is 2.88 bits per heavy atom. The van der Waals surface area contributed by atoms with E-state index in [0.29, 0.717) is 10.9 Å². The molecule has 1 aliphatic rings. The monoisotopic (exact) mass is 354 g/mol. The van der Waals surface area contributed by atoms with Crippen molar-refractivity contribution in [2.45, 2.75) is 11.7 Å². The molecule has 5 heteroatoms. The molecular formula is C19H18N2OS2. The van der Waals surface area contributed by atoms with E-state index in [9.17, 15) is 4.79 Å². The normalized spacial score (nSPS) is 18.5. The van der Waals surface area contributed by atoms with Crippen LogP contribution in [-0.2, 0) is 0 Å². The topological polar surface area (TPSA) is 33.2 Å². The van der Waals surface area contributed by atoms with Gasteiger partial charge in [0.25, 0.3) is 5.91 Å². The van der Waals surface area contributed by atoms with Crippen molar-refractivity contribution >= 4 is 39.9 Å². The summed E-state index contributed by atoms with van der Waals surface area (Å²) in [5.74, 6) is 1.02. The molecule has 24 heavy (non-hydrogen) atoms. The van der Waals surface area contributed by atoms with E-state index in [-0.39, 0.29) is 5.91 Å². The van der Waals surface area contributed by atoms with E-state index in [4.69, 9.17) is 0 Å². The van der Waals surface area contributed by atoms with Crippen LogP contribution in [0, 0.1) is 0 Å². The van der Waals surface area contributed by atoms with Crippen LogP contribution in [0.4, 0.5) is 0 Å². The van der Waals surface area contributed by atoms with E-state index >= 15 is 0 Å². The minimum Gasteiger partial charge on any atom is -0.336 e. The number of thioether (sulfide) groups is 1. The van der Waals surface area contributed by atoms with Gasteiger partial charge in [-0.1, -0.05) is 30.3 Å². The van der Waals surface area contributed by atoms with Crippen LogP contribution in [0.3, 0.4) is 0 Å². The first-order valence-corrected chi connectivity index (χ1v) is 10.0. The van der Waals surface area contributed by atoms with Crippen molar-refractivity contribution in [2.24, 2.45) is 0 Å². The Morgan fingerprint density at radius 1 is 1.08 bits per heavy atom. The van der Waals surface area contributed by atoms with Crippen molar-refractivity contribution in [1.82, 2.24) is 9.88 Å². The van der Waals surface area contributed by atoms with Crippen molar-refractivity contribution in [3.05, 3.63) is 64.5 Å². The molecule has 3 aromatic rings. The van der Waals surface area contributed by atoms with E-state index in [1.54, 1.807) is 0 Å². The summed E-state index contributed by atoms with van der Waals surface area (Å²) in [5.41, 5.74) is 1.43. The second-order valence-corrected chi connectivity index (χ2v) is 8.13. The fourth-order valence-electron chi connectivity index (χ4n) is 3.02. The number of para-hydroxylation sites is 1. The van der Waals surface area contributed by atoms with Crippen LogP contribution in [0.2, 0.25) is 0 Å². The first-order chi connectivity index (χ1) is 11.8. The molecule has 0 spiro atoms. The standard InChI is InChI=1S/C19H18N2OS2/c22-19(16-8-7-14-4-1-2-5-15(14)20-16)21-10-9-18(24-13-11-21)17-6-3-12-23-17/h1-8,12,18H,9-11,13H2. The van der Waals surface area contributed by atoms with Crippen LogP contribution >= 0.6 is 23.1 Å². The molecule has 1 aliphatic heterocycles. The first kappa shape index (κ1) is 15.7. The summed E-state index contributed by atoms with van der Waals surface area (Å²) < 4.78 is 0. The van der Waals surface area contributed by atoms with E-state index < -0.39 is 0 Å². The Morgan fingerprint density at radius 2 is 2.00 bits per heavy atom. The van der Waals surface area contributed by atoms with E-state index in [1.165, 1.54) is 4.88 Å². The number of hydrogen-bond donors (Lipinski definition) is 0. The molecule has 1 fully saturated rings. The predicted octanol–water partition coefficient (Wildman–Crippen LogP) is 4.62. The van der Waals surface area contributed by atoms with Gasteiger partial charge in [0.05, 0.1) is 5.52 Å². The Kier molecular flexibility index (Phi) is 4.54. The number of amides is 1. The maximum Gasteiger partial charge on any atom is 0.272 e. The first-order valence-electron chi connectivity index (χ1n) is 8.11. The quantitative estimate of drug-likeness (QED) is 0.673. The molecule has 0 bridgehead atoms. The molecule has 1 amide bonds. The summed E-state index contributed by atoms with van der Waals surface area (Å²) in [6.07, 6.45) is 1.00. The Labute approximate surface area is 149 Å². The molecule has 4 rings (SSSR count). The van der Waals surface area contributed by atoms with Crippen molar-refractivity contribution < 1.29 is 4.79 Å². The third kappa shape index (κ3) is 3.19. The highest BCUT2D eigenvalue weighted by Crippen LogP contribution is 2.36. The SMILES string of the molecule is O=C(c1ccc2ccccc2n1)N1CCSC(c2cccs2)CC1. The third-order valence-corrected chi connectivity index (χ3v) is 6.75. The average molecular weight is 355 g/mol. The molecule has 0 saturated carbocycles. The Bertz CT molecular complexity index is 847. The van der Waals surface area contributed by atoms with Crippen molar-refractivity contribution in [3.8, 4) is 0 Å². The zero-order valence-electron chi connectivity index (χ0n) is 13.2. The Hall–Kier alpha value is -1.85. The molecule has 3 nitrogen and oxygen atoms in total. The largest absolute Gasteiger partial charge is 0.336 e. The van der Waals surface area contributed by atoms with Gasteiger partial charge < -0.3 is 4.90 Å². The molecule has 0 radical (unpaired) electrons. The lowest BCUT2D eigenvalue weighted by Crippen LogP contribution is -2.33. The summed E-state index contributed by atoms with van der Waals surface area (Å²) in [6, 6.07) is 16.1. The van der Waals surface area contributed by atoms with Gasteiger partial charge in [-0.25, -0.2) is 4.98 Å². The van der Waals surface area contributed by atoms with E-state index in [0.717, 1.165) is 36.2 Å². The second kappa shape index (κ2) is 6.95. The smallest absolute Gasteiger partial charge is 0.272 e. The highest BCUT2D eigenvalue weighted by atomic mass is 32.2. The van der Waals surface area contributed by atoms with Crippen LogP contribution in [0.1, 0.15) is 27.0 Å². The number of benzene rings is 1. The lowest BCUT2D eigenvalue weighted by molar-refractivity contribution is 0.0761. The zero-order chi connectivity index (χ0) is 16.4. The number of thiophene rings is 1. The van der Waals surface area contributed by atoms with Gasteiger partial charge in [-0.2, -0.15) is 11.8 Å². The van der Waals surface area contributed by atoms with Gasteiger partial charge in [0.1, 0.15) is 5.69 Å². The molecule has 2 aromatic heterocycles. The number of carbonyl (C=O) groups excluding carboxylic acids is 1. The molecule has 1 unspecified atom stereocenters. The summed E-state index contributed by atoms with van der Waals surface area (Å²) in [7, 11) is 0. The maximum atomic E-state index is 12.8. The molecule has 1 atom stereocenters. The van der Waals surface area contributed by atoms with Gasteiger partial charge in [-0.3, -0.25) is 4.79 Å². The van der Waals surface area contributed by atoms with Crippen molar-refractivity contribution in [3.63, 3.8) is 0 Å². The fourth-order valence-corrected chi connectivity index (χ4v) is 5.26. The summed E-state index contributed by atoms with van der Waals surface area (Å²) in [6.45, 7) is 1.59. The highest BCUT2D eigenvalue weighted by molar-refractivity contribution is 7.99. The molecule has 3 heterocycles. The third-order valence-electron chi connectivity index (χ3n) is 4.31. The lowest BCUT2D eigenvalue weighted by atomic mass is 10.2. The molecule has 0 aliphatic carbocycles. The highest BCUT2D eigenvalue weighted by Gasteiger charge is 2.24.